The molecule has 0 amide bonds. The molecule has 0 radical (unpaired) electrons. The first-order chi connectivity index (χ1) is 6.40. The molecular formula is C9H11N3O. The van der Waals surface area contributed by atoms with Crippen molar-refractivity contribution in [2.45, 2.75) is 12.8 Å². The Bertz CT molecular complexity index is 363. The largest absolute Gasteiger partial charge is 0.439 e. The third kappa shape index (κ3) is 1.67. The van der Waals surface area contributed by atoms with Crippen molar-refractivity contribution < 1.29 is 4.42 Å². The van der Waals surface area contributed by atoms with Crippen LogP contribution < -0.4 is 5.73 Å². The Kier molecular flexibility index (Phi) is 2.23. The van der Waals surface area contributed by atoms with Crippen molar-refractivity contribution in [3.8, 4) is 0 Å². The third-order valence-corrected chi connectivity index (χ3v) is 1.80. The molecule has 0 spiro atoms. The molecule has 13 heavy (non-hydrogen) atoms. The van der Waals surface area contributed by atoms with Gasteiger partial charge >= 0.3 is 0 Å². The molecule has 2 aromatic heterocycles. The van der Waals surface area contributed by atoms with Crippen molar-refractivity contribution in [3.05, 3.63) is 24.2 Å². The van der Waals surface area contributed by atoms with Crippen molar-refractivity contribution in [2.24, 2.45) is 5.73 Å². The van der Waals surface area contributed by atoms with Gasteiger partial charge in [0.25, 0.3) is 0 Å². The molecule has 2 heterocycles. The molecule has 4 nitrogen and oxygen atoms in total. The summed E-state index contributed by atoms with van der Waals surface area (Å²) in [6.45, 7) is 0.659. The Morgan fingerprint density at radius 1 is 1.46 bits per heavy atom. The van der Waals surface area contributed by atoms with Gasteiger partial charge in [0.1, 0.15) is 0 Å². The Morgan fingerprint density at radius 3 is 3.15 bits per heavy atom. The Labute approximate surface area is 75.8 Å². The van der Waals surface area contributed by atoms with Crippen molar-refractivity contribution in [1.82, 2.24) is 9.97 Å². The zero-order chi connectivity index (χ0) is 9.10. The van der Waals surface area contributed by atoms with Gasteiger partial charge in [0, 0.05) is 12.6 Å². The van der Waals surface area contributed by atoms with Crippen LogP contribution in [0.5, 0.6) is 0 Å². The van der Waals surface area contributed by atoms with Crippen LogP contribution in [0.1, 0.15) is 12.3 Å². The molecule has 0 aliphatic carbocycles. The summed E-state index contributed by atoms with van der Waals surface area (Å²) in [5.41, 5.74) is 6.81. The predicted molar refractivity (Wildman–Crippen MR) is 49.2 cm³/mol. The summed E-state index contributed by atoms with van der Waals surface area (Å²) in [5.74, 6) is 0.721. The van der Waals surface area contributed by atoms with Crippen molar-refractivity contribution in [1.29, 1.82) is 0 Å². The summed E-state index contributed by atoms with van der Waals surface area (Å²) < 4.78 is 5.44. The van der Waals surface area contributed by atoms with E-state index in [0.717, 1.165) is 24.3 Å². The van der Waals surface area contributed by atoms with E-state index in [1.165, 1.54) is 0 Å². The summed E-state index contributed by atoms with van der Waals surface area (Å²) in [6.07, 6.45) is 3.39. The first kappa shape index (κ1) is 8.19. The molecule has 0 aliphatic heterocycles. The van der Waals surface area contributed by atoms with E-state index in [9.17, 15) is 0 Å². The van der Waals surface area contributed by atoms with Gasteiger partial charge in [-0.2, -0.15) is 4.98 Å². The van der Waals surface area contributed by atoms with E-state index in [4.69, 9.17) is 10.2 Å². The average Bonchev–Trinajstić information content (AvgIpc) is 2.57. The van der Waals surface area contributed by atoms with E-state index in [1.807, 2.05) is 12.1 Å². The SMILES string of the molecule is NCCCc1nc2ncccc2o1. The van der Waals surface area contributed by atoms with Crippen molar-refractivity contribution >= 4 is 11.2 Å². The zero-order valence-electron chi connectivity index (χ0n) is 7.23. The molecule has 2 aromatic rings. The maximum absolute atomic E-state index is 5.44. The van der Waals surface area contributed by atoms with Crippen LogP contribution in [0.15, 0.2) is 22.7 Å². The summed E-state index contributed by atoms with van der Waals surface area (Å²) in [6, 6.07) is 3.70. The average molecular weight is 177 g/mol. The van der Waals surface area contributed by atoms with Gasteiger partial charge < -0.3 is 10.2 Å². The summed E-state index contributed by atoms with van der Waals surface area (Å²) >= 11 is 0. The van der Waals surface area contributed by atoms with Crippen molar-refractivity contribution in [3.63, 3.8) is 0 Å². The predicted octanol–water partition coefficient (Wildman–Crippen LogP) is 1.11. The summed E-state index contributed by atoms with van der Waals surface area (Å²) in [4.78, 5) is 8.29. The molecule has 0 bridgehead atoms. The number of fused-ring (bicyclic) bond motifs is 1. The van der Waals surface area contributed by atoms with Gasteiger partial charge in [-0.05, 0) is 25.1 Å². The second-order valence-corrected chi connectivity index (χ2v) is 2.82. The lowest BCUT2D eigenvalue weighted by atomic mass is 10.3. The third-order valence-electron chi connectivity index (χ3n) is 1.80. The number of aromatic nitrogens is 2. The molecule has 4 heteroatoms. The maximum atomic E-state index is 5.44. The normalized spacial score (nSPS) is 10.8. The lowest BCUT2D eigenvalue weighted by Gasteiger charge is -1.89. The lowest BCUT2D eigenvalue weighted by Crippen LogP contribution is -2.00. The molecular weight excluding hydrogens is 166 g/mol. The van der Waals surface area contributed by atoms with E-state index in [1.54, 1.807) is 6.20 Å². The van der Waals surface area contributed by atoms with Crippen LogP contribution in [0.3, 0.4) is 0 Å². The number of oxazole rings is 1. The summed E-state index contributed by atoms with van der Waals surface area (Å²) in [5, 5.41) is 0. The molecule has 2 N–H and O–H groups in total. The summed E-state index contributed by atoms with van der Waals surface area (Å²) in [7, 11) is 0. The molecule has 0 aliphatic rings. The van der Waals surface area contributed by atoms with Crippen LogP contribution >= 0.6 is 0 Å². The van der Waals surface area contributed by atoms with Crippen LogP contribution in [0.2, 0.25) is 0 Å². The number of nitrogens with zero attached hydrogens (tertiary/aromatic N) is 2. The highest BCUT2D eigenvalue weighted by Crippen LogP contribution is 2.12. The van der Waals surface area contributed by atoms with Crippen LogP contribution in [0.4, 0.5) is 0 Å². The highest BCUT2D eigenvalue weighted by Gasteiger charge is 2.04. The van der Waals surface area contributed by atoms with Gasteiger partial charge in [-0.15, -0.1) is 0 Å². The minimum Gasteiger partial charge on any atom is -0.439 e. The van der Waals surface area contributed by atoms with Gasteiger partial charge in [0.05, 0.1) is 0 Å². The number of pyridine rings is 1. The first-order valence-electron chi connectivity index (χ1n) is 4.30. The number of hydrogen-bond acceptors (Lipinski definition) is 4. The molecule has 0 saturated carbocycles. The van der Waals surface area contributed by atoms with E-state index >= 15 is 0 Å². The Balaban J connectivity index is 2.28. The monoisotopic (exact) mass is 177 g/mol. The fourth-order valence-electron chi connectivity index (χ4n) is 1.17. The zero-order valence-corrected chi connectivity index (χ0v) is 7.23. The highest BCUT2D eigenvalue weighted by atomic mass is 16.3. The quantitative estimate of drug-likeness (QED) is 0.762. The molecule has 2 rings (SSSR count). The first-order valence-corrected chi connectivity index (χ1v) is 4.30. The lowest BCUT2D eigenvalue weighted by molar-refractivity contribution is 0.521. The van der Waals surface area contributed by atoms with Crippen molar-refractivity contribution in [2.75, 3.05) is 6.54 Å². The fraction of sp³-hybridized carbons (Fsp3) is 0.333. The number of aryl methyl sites for hydroxylation is 1. The van der Waals surface area contributed by atoms with Gasteiger partial charge in [0.2, 0.25) is 0 Å². The molecule has 0 unspecified atom stereocenters. The van der Waals surface area contributed by atoms with Crippen LogP contribution in [0.25, 0.3) is 11.2 Å². The fourth-order valence-corrected chi connectivity index (χ4v) is 1.17. The van der Waals surface area contributed by atoms with Crippen LogP contribution in [-0.2, 0) is 6.42 Å². The topological polar surface area (TPSA) is 64.9 Å². The molecule has 0 atom stereocenters. The van der Waals surface area contributed by atoms with Gasteiger partial charge in [-0.25, -0.2) is 4.98 Å². The highest BCUT2D eigenvalue weighted by molar-refractivity contribution is 5.66. The van der Waals surface area contributed by atoms with E-state index < -0.39 is 0 Å². The minimum atomic E-state index is 0.659. The number of nitrogens with two attached hydrogens (primary N) is 1. The molecule has 0 aromatic carbocycles. The van der Waals surface area contributed by atoms with Gasteiger partial charge in [-0.1, -0.05) is 0 Å². The maximum Gasteiger partial charge on any atom is 0.198 e. The minimum absolute atomic E-state index is 0.659. The second kappa shape index (κ2) is 3.53. The number of rotatable bonds is 3. The van der Waals surface area contributed by atoms with Crippen LogP contribution in [0, 0.1) is 0 Å². The van der Waals surface area contributed by atoms with Gasteiger partial charge in [-0.3, -0.25) is 0 Å². The van der Waals surface area contributed by atoms with E-state index in [2.05, 4.69) is 9.97 Å². The Hall–Kier alpha value is -1.42. The van der Waals surface area contributed by atoms with Gasteiger partial charge in [0.15, 0.2) is 17.1 Å². The van der Waals surface area contributed by atoms with Crippen LogP contribution in [-0.4, -0.2) is 16.5 Å². The van der Waals surface area contributed by atoms with E-state index in [0.29, 0.717) is 12.2 Å². The molecule has 68 valence electrons. The smallest absolute Gasteiger partial charge is 0.198 e. The van der Waals surface area contributed by atoms with E-state index in [-0.39, 0.29) is 0 Å². The standard InChI is InChI=1S/C9H11N3O/c10-5-1-4-8-12-9-7(13-8)3-2-6-11-9/h2-3,6H,1,4-5,10H2. The number of hydrogen-bond donors (Lipinski definition) is 1. The molecule has 0 fully saturated rings. The Morgan fingerprint density at radius 2 is 2.38 bits per heavy atom. The second-order valence-electron chi connectivity index (χ2n) is 2.82. The molecule has 0 saturated heterocycles.